The van der Waals surface area contributed by atoms with E-state index < -0.39 is 6.10 Å². The third-order valence-electron chi connectivity index (χ3n) is 13.0. The third-order valence-corrected chi connectivity index (χ3v) is 13.0. The van der Waals surface area contributed by atoms with Gasteiger partial charge in [-0.3, -0.25) is 14.4 Å². The number of allylic oxidation sites excluding steroid dienone is 10. The van der Waals surface area contributed by atoms with Gasteiger partial charge in [0, 0.05) is 19.3 Å². The zero-order chi connectivity index (χ0) is 50.0. The van der Waals surface area contributed by atoms with Crippen molar-refractivity contribution in [3.05, 3.63) is 60.8 Å². The average molecular weight is 966 g/mol. The minimum atomic E-state index is -0.786. The van der Waals surface area contributed by atoms with E-state index in [0.29, 0.717) is 19.3 Å². The van der Waals surface area contributed by atoms with Crippen molar-refractivity contribution in [2.24, 2.45) is 0 Å². The zero-order valence-corrected chi connectivity index (χ0v) is 45.8. The maximum Gasteiger partial charge on any atom is 0.306 e. The van der Waals surface area contributed by atoms with Crippen LogP contribution in [0.2, 0.25) is 0 Å². The van der Waals surface area contributed by atoms with E-state index in [0.717, 1.165) is 89.9 Å². The Morgan fingerprint density at radius 1 is 0.290 bits per heavy atom. The lowest BCUT2D eigenvalue weighted by atomic mass is 10.1. The number of carbonyl (C=O) groups is 3. The number of ether oxygens (including phenoxy) is 3. The molecule has 0 aliphatic rings. The molecule has 6 nitrogen and oxygen atoms in total. The molecule has 0 aromatic carbocycles. The minimum absolute atomic E-state index is 0.0833. The van der Waals surface area contributed by atoms with Crippen LogP contribution in [0.3, 0.4) is 0 Å². The van der Waals surface area contributed by atoms with Crippen LogP contribution in [0.25, 0.3) is 0 Å². The summed E-state index contributed by atoms with van der Waals surface area (Å²) in [5.74, 6) is -0.897. The van der Waals surface area contributed by atoms with E-state index in [4.69, 9.17) is 14.2 Å². The van der Waals surface area contributed by atoms with Gasteiger partial charge in [0.2, 0.25) is 0 Å². The Morgan fingerprint density at radius 2 is 0.522 bits per heavy atom. The molecule has 1 atom stereocenters. The number of hydrogen-bond acceptors (Lipinski definition) is 6. The Morgan fingerprint density at radius 3 is 0.855 bits per heavy atom. The van der Waals surface area contributed by atoms with Gasteiger partial charge < -0.3 is 14.2 Å². The molecule has 0 spiro atoms. The van der Waals surface area contributed by atoms with Crippen LogP contribution in [-0.2, 0) is 28.6 Å². The fourth-order valence-corrected chi connectivity index (χ4v) is 8.44. The van der Waals surface area contributed by atoms with Crippen molar-refractivity contribution in [2.45, 2.75) is 309 Å². The lowest BCUT2D eigenvalue weighted by Gasteiger charge is -2.18. The molecule has 69 heavy (non-hydrogen) atoms. The summed E-state index contributed by atoms with van der Waals surface area (Å²) in [6, 6.07) is 0. The van der Waals surface area contributed by atoms with Gasteiger partial charge in [0.1, 0.15) is 13.2 Å². The highest BCUT2D eigenvalue weighted by molar-refractivity contribution is 5.71. The number of hydrogen-bond donors (Lipinski definition) is 0. The Hall–Kier alpha value is -2.89. The Kier molecular flexibility index (Phi) is 55.3. The molecule has 6 heteroatoms. The van der Waals surface area contributed by atoms with Crippen LogP contribution >= 0.6 is 0 Å². The molecule has 0 radical (unpaired) electrons. The molecule has 0 N–H and O–H groups in total. The van der Waals surface area contributed by atoms with Gasteiger partial charge in [-0.15, -0.1) is 0 Å². The maximum absolute atomic E-state index is 12.9. The van der Waals surface area contributed by atoms with Gasteiger partial charge in [-0.05, 0) is 109 Å². The quantitative estimate of drug-likeness (QED) is 0.0262. The fraction of sp³-hybridized carbons (Fsp3) is 0.794. The summed E-state index contributed by atoms with van der Waals surface area (Å²) in [5.41, 5.74) is 0. The van der Waals surface area contributed by atoms with E-state index in [1.807, 2.05) is 0 Å². The summed E-state index contributed by atoms with van der Waals surface area (Å²) in [6.45, 7) is 6.60. The molecular formula is C63H112O6. The van der Waals surface area contributed by atoms with E-state index in [1.54, 1.807) is 0 Å². The topological polar surface area (TPSA) is 78.9 Å². The number of unbranched alkanes of at least 4 members (excludes halogenated alkanes) is 33. The van der Waals surface area contributed by atoms with Crippen LogP contribution in [0, 0.1) is 0 Å². The molecule has 0 rings (SSSR count). The van der Waals surface area contributed by atoms with E-state index in [9.17, 15) is 14.4 Å². The Balaban J connectivity index is 4.41. The summed E-state index contributed by atoms with van der Waals surface area (Å²) in [4.78, 5) is 38.2. The van der Waals surface area contributed by atoms with E-state index in [2.05, 4.69) is 81.5 Å². The van der Waals surface area contributed by atoms with Crippen molar-refractivity contribution >= 4 is 17.9 Å². The predicted octanol–water partition coefficient (Wildman–Crippen LogP) is 20.0. The van der Waals surface area contributed by atoms with Crippen LogP contribution in [0.5, 0.6) is 0 Å². The van der Waals surface area contributed by atoms with Crippen molar-refractivity contribution in [3.8, 4) is 0 Å². The first-order chi connectivity index (χ1) is 34.0. The zero-order valence-electron chi connectivity index (χ0n) is 45.8. The van der Waals surface area contributed by atoms with E-state index in [1.165, 1.54) is 173 Å². The highest BCUT2D eigenvalue weighted by atomic mass is 16.6. The molecule has 1 unspecified atom stereocenters. The first kappa shape index (κ1) is 66.1. The smallest absolute Gasteiger partial charge is 0.306 e. The summed E-state index contributed by atoms with van der Waals surface area (Å²) < 4.78 is 16.9. The highest BCUT2D eigenvalue weighted by Crippen LogP contribution is 2.15. The normalized spacial score (nSPS) is 12.4. The van der Waals surface area contributed by atoms with Crippen molar-refractivity contribution in [1.82, 2.24) is 0 Å². The first-order valence-corrected chi connectivity index (χ1v) is 29.8. The largest absolute Gasteiger partial charge is 0.462 e. The van der Waals surface area contributed by atoms with Gasteiger partial charge in [0.05, 0.1) is 0 Å². The molecule has 0 saturated carbocycles. The predicted molar refractivity (Wildman–Crippen MR) is 298 cm³/mol. The first-order valence-electron chi connectivity index (χ1n) is 29.8. The van der Waals surface area contributed by atoms with Gasteiger partial charge >= 0.3 is 17.9 Å². The third kappa shape index (κ3) is 55.9. The Bertz CT molecular complexity index is 1250. The molecule has 0 amide bonds. The number of carbonyl (C=O) groups excluding carboxylic acids is 3. The van der Waals surface area contributed by atoms with Gasteiger partial charge in [0.15, 0.2) is 6.10 Å². The summed E-state index contributed by atoms with van der Waals surface area (Å²) in [6.07, 6.45) is 72.0. The van der Waals surface area contributed by atoms with E-state index >= 15 is 0 Å². The SMILES string of the molecule is CCCCC/C=C\C/C=C\CCCCCCCCCC(=O)OC(COC(=O)CCCCCCC/C=C\C/C=C\CCCCCC)COC(=O)CCCCCCCCC/C=C\CCCCCCCCC. The maximum atomic E-state index is 12.9. The second-order valence-electron chi connectivity index (χ2n) is 19.9. The molecule has 0 aliphatic carbocycles. The van der Waals surface area contributed by atoms with Gasteiger partial charge in [-0.1, -0.05) is 236 Å². The van der Waals surface area contributed by atoms with Crippen LogP contribution in [0.4, 0.5) is 0 Å². The molecule has 0 aromatic heterocycles. The summed E-state index contributed by atoms with van der Waals surface area (Å²) in [5, 5.41) is 0. The molecular weight excluding hydrogens is 853 g/mol. The standard InChI is InChI=1S/C63H112O6/c1-4-7-10-13-16-19-22-25-28-31-33-35-38-41-44-47-50-53-56-62(65)68-59-60(58-67-61(64)55-52-49-46-43-40-37-34-30-27-24-21-18-15-12-9-6-3)69-63(66)57-54-51-48-45-42-39-36-32-29-26-23-20-17-14-11-8-5-2/h17,20-21,24,26,28-31,34,60H,4-16,18-19,22-23,25,27,32-33,35-59H2,1-3H3/b20-17-,24-21-,29-26-,31-28-,34-30-. The lowest BCUT2D eigenvalue weighted by molar-refractivity contribution is -0.167. The molecule has 0 bridgehead atoms. The van der Waals surface area contributed by atoms with Crippen LogP contribution in [0.1, 0.15) is 303 Å². The minimum Gasteiger partial charge on any atom is -0.462 e. The van der Waals surface area contributed by atoms with Crippen LogP contribution in [0.15, 0.2) is 60.8 Å². The molecule has 400 valence electrons. The molecule has 0 fully saturated rings. The Labute approximate surface area is 428 Å². The van der Waals surface area contributed by atoms with Crippen molar-refractivity contribution in [1.29, 1.82) is 0 Å². The van der Waals surface area contributed by atoms with Crippen molar-refractivity contribution in [2.75, 3.05) is 13.2 Å². The van der Waals surface area contributed by atoms with E-state index in [-0.39, 0.29) is 31.1 Å². The second-order valence-corrected chi connectivity index (χ2v) is 19.9. The molecule has 0 aromatic rings. The summed E-state index contributed by atoms with van der Waals surface area (Å²) >= 11 is 0. The van der Waals surface area contributed by atoms with Crippen LogP contribution in [-0.4, -0.2) is 37.2 Å². The summed E-state index contributed by atoms with van der Waals surface area (Å²) in [7, 11) is 0. The van der Waals surface area contributed by atoms with Crippen molar-refractivity contribution < 1.29 is 28.6 Å². The molecule has 0 saturated heterocycles. The number of esters is 3. The molecule has 0 heterocycles. The fourth-order valence-electron chi connectivity index (χ4n) is 8.44. The highest BCUT2D eigenvalue weighted by Gasteiger charge is 2.19. The average Bonchev–Trinajstić information content (AvgIpc) is 3.35. The second kappa shape index (κ2) is 57.7. The number of rotatable bonds is 54. The van der Waals surface area contributed by atoms with Crippen molar-refractivity contribution in [3.63, 3.8) is 0 Å². The lowest BCUT2D eigenvalue weighted by Crippen LogP contribution is -2.30. The molecule has 0 aliphatic heterocycles. The van der Waals surface area contributed by atoms with Gasteiger partial charge in [-0.25, -0.2) is 0 Å². The van der Waals surface area contributed by atoms with Gasteiger partial charge in [-0.2, -0.15) is 0 Å². The monoisotopic (exact) mass is 965 g/mol. The van der Waals surface area contributed by atoms with Crippen LogP contribution < -0.4 is 0 Å². The van der Waals surface area contributed by atoms with Gasteiger partial charge in [0.25, 0.3) is 0 Å².